The summed E-state index contributed by atoms with van der Waals surface area (Å²) in [6.45, 7) is 18.6. The zero-order valence-corrected chi connectivity index (χ0v) is 53.3. The number of anilines is 3. The van der Waals surface area contributed by atoms with Gasteiger partial charge in [0.25, 0.3) is 5.91 Å². The van der Waals surface area contributed by atoms with Gasteiger partial charge in [-0.15, -0.1) is 0 Å². The highest BCUT2D eigenvalue weighted by Gasteiger charge is 2.33. The monoisotopic (exact) mass is 1330 g/mol. The number of nitrogens with one attached hydrogen (secondary N) is 1. The van der Waals surface area contributed by atoms with Crippen LogP contribution in [0.15, 0.2) is 151 Å². The van der Waals surface area contributed by atoms with Crippen molar-refractivity contribution in [2.75, 3.05) is 99.8 Å². The standard InChI is InChI=1S/C25H26F3N5O2.C15H18N6O3.C9H13N3.C8H4F3NO.C8H12N2O2/c1-2-31-17-20(16-21(34)15-18-6-8-19(9-7-18)25(26,27)28)30-23(31)24(35)33-13-11-32(12-14-33)22-5-3-4-10-29-22;1-2-18-11-13(21(23)24)17-14(18)15(22)20-9-7-19(8-10-20)12-5-3-4-6-16-12;1-2-4-11-9(3-1)12-7-5-10-6-8-12;9-8(10,11)6-1-3-7(4-2-6)12-5-13;1-3-10-6-5-9-7(10)8(11)12-4-2/h3-10,17H,2,11-16H2,1H3;3-6,11H,2,7-10H2,1H3;1-4,10H,5-8H2;1-4H;5-6H,3-4H2,1-2H3. The number of rotatable bonds is 16. The van der Waals surface area contributed by atoms with E-state index >= 15 is 0 Å². The van der Waals surface area contributed by atoms with Crippen molar-refractivity contribution in [1.82, 2.24) is 58.7 Å². The fourth-order valence-corrected chi connectivity index (χ4v) is 9.98. The maximum absolute atomic E-state index is 13.2. The Hall–Kier alpha value is -10.7. The lowest BCUT2D eigenvalue weighted by Gasteiger charge is -2.35. The molecule has 25 nitrogen and oxygen atoms in total. The fourth-order valence-electron chi connectivity index (χ4n) is 9.98. The van der Waals surface area contributed by atoms with E-state index in [9.17, 15) is 60.4 Å². The molecule has 0 bridgehead atoms. The number of aryl methyl sites for hydroxylation is 3. The van der Waals surface area contributed by atoms with Gasteiger partial charge in [-0.25, -0.2) is 34.5 Å². The van der Waals surface area contributed by atoms with Crippen LogP contribution in [0.4, 0.5) is 55.3 Å². The highest BCUT2D eigenvalue weighted by molar-refractivity contribution is 5.92. The number of hydrogen-bond acceptors (Lipinski definition) is 19. The highest BCUT2D eigenvalue weighted by atomic mass is 19.4. The van der Waals surface area contributed by atoms with Crippen LogP contribution in [-0.2, 0) is 59.2 Å². The lowest BCUT2D eigenvalue weighted by atomic mass is 10.0. The number of Topliss-reactive ketones (excluding diaryl/α,β-unsaturated/α-hetero) is 1. The van der Waals surface area contributed by atoms with Crippen molar-refractivity contribution in [2.24, 2.45) is 4.99 Å². The van der Waals surface area contributed by atoms with Crippen molar-refractivity contribution in [1.29, 1.82) is 0 Å². The predicted molar refractivity (Wildman–Crippen MR) is 343 cm³/mol. The summed E-state index contributed by atoms with van der Waals surface area (Å²) in [6, 6.07) is 26.0. The first-order chi connectivity index (χ1) is 46.1. The molecule has 0 unspecified atom stereocenters. The lowest BCUT2D eigenvalue weighted by molar-refractivity contribution is -0.389. The van der Waals surface area contributed by atoms with E-state index < -0.39 is 28.4 Å². The van der Waals surface area contributed by atoms with Crippen LogP contribution in [0.25, 0.3) is 0 Å². The first-order valence-electron chi connectivity index (χ1n) is 30.8. The van der Waals surface area contributed by atoms with Crippen molar-refractivity contribution in [3.05, 3.63) is 196 Å². The van der Waals surface area contributed by atoms with Crippen molar-refractivity contribution in [3.63, 3.8) is 0 Å². The molecule has 3 saturated heterocycles. The molecule has 0 aliphatic carbocycles. The van der Waals surface area contributed by atoms with Gasteiger partial charge in [0, 0.05) is 142 Å². The molecule has 8 aromatic rings. The molecule has 96 heavy (non-hydrogen) atoms. The van der Waals surface area contributed by atoms with Crippen molar-refractivity contribution < 1.29 is 60.0 Å². The smallest absolute Gasteiger partial charge is 0.416 e. The number of alkyl halides is 6. The molecule has 3 aliphatic heterocycles. The van der Waals surface area contributed by atoms with E-state index in [2.05, 4.69) is 61.0 Å². The number of ketones is 1. The molecule has 3 aliphatic rings. The number of pyridine rings is 3. The van der Waals surface area contributed by atoms with E-state index in [4.69, 9.17) is 4.74 Å². The molecule has 0 atom stereocenters. The van der Waals surface area contributed by atoms with E-state index in [0.717, 1.165) is 86.6 Å². The van der Waals surface area contributed by atoms with Crippen LogP contribution in [0.1, 0.15) is 81.9 Å². The van der Waals surface area contributed by atoms with Gasteiger partial charge in [0.15, 0.2) is 5.82 Å². The Bertz CT molecular complexity index is 3810. The number of isocyanates is 1. The van der Waals surface area contributed by atoms with Gasteiger partial charge in [-0.3, -0.25) is 19.0 Å². The quantitative estimate of drug-likeness (QED) is 0.0236. The van der Waals surface area contributed by atoms with E-state index in [0.29, 0.717) is 89.1 Å². The minimum absolute atomic E-state index is 0.00174. The van der Waals surface area contributed by atoms with Crippen molar-refractivity contribution >= 4 is 58.6 Å². The first-order valence-corrected chi connectivity index (χ1v) is 30.8. The first kappa shape index (κ1) is 72.7. The summed E-state index contributed by atoms with van der Waals surface area (Å²) in [5.41, 5.74) is -0.390. The van der Waals surface area contributed by atoms with Gasteiger partial charge in [0.05, 0.1) is 35.5 Å². The third-order valence-corrected chi connectivity index (χ3v) is 15.0. The summed E-state index contributed by atoms with van der Waals surface area (Å²) in [4.78, 5) is 108. The molecule has 6 aromatic heterocycles. The van der Waals surface area contributed by atoms with Crippen LogP contribution in [0.3, 0.4) is 0 Å². The van der Waals surface area contributed by atoms with Crippen LogP contribution in [0, 0.1) is 10.1 Å². The van der Waals surface area contributed by atoms with Crippen molar-refractivity contribution in [2.45, 2.75) is 72.5 Å². The summed E-state index contributed by atoms with van der Waals surface area (Å²) >= 11 is 0. The van der Waals surface area contributed by atoms with Gasteiger partial charge in [-0.1, -0.05) is 30.3 Å². The second-order valence-corrected chi connectivity index (χ2v) is 21.3. The number of nitrogens with zero attached hydrogens (tertiary/aromatic N) is 16. The Morgan fingerprint density at radius 1 is 0.562 bits per heavy atom. The molecule has 31 heteroatoms. The van der Waals surface area contributed by atoms with Gasteiger partial charge in [-0.05, 0) is 116 Å². The number of piperazine rings is 3. The minimum atomic E-state index is -4.41. The number of hydrogen-bond donors (Lipinski definition) is 1. The highest BCUT2D eigenvalue weighted by Crippen LogP contribution is 2.31. The second kappa shape index (κ2) is 35.6. The zero-order valence-electron chi connectivity index (χ0n) is 53.3. The number of aromatic nitrogens is 9. The Morgan fingerprint density at radius 2 is 1.02 bits per heavy atom. The molecule has 9 heterocycles. The normalized spacial score (nSPS) is 13.8. The van der Waals surface area contributed by atoms with Crippen molar-refractivity contribution in [3.8, 4) is 0 Å². The second-order valence-electron chi connectivity index (χ2n) is 21.3. The van der Waals surface area contributed by atoms with E-state index in [1.165, 1.54) is 29.0 Å². The third kappa shape index (κ3) is 21.2. The molecule has 2 aromatic carbocycles. The summed E-state index contributed by atoms with van der Waals surface area (Å²) < 4.78 is 84.0. The van der Waals surface area contributed by atoms with E-state index in [1.54, 1.807) is 56.8 Å². The number of halogens is 6. The van der Waals surface area contributed by atoms with Crippen LogP contribution in [0.5, 0.6) is 0 Å². The fraction of sp³-hybridized carbons (Fsp3) is 0.369. The summed E-state index contributed by atoms with van der Waals surface area (Å²) in [5, 5.41) is 14.2. The number of ether oxygens (including phenoxy) is 1. The summed E-state index contributed by atoms with van der Waals surface area (Å²) in [6.07, 6.45) is 4.14. The van der Waals surface area contributed by atoms with Crippen LogP contribution in [0.2, 0.25) is 0 Å². The molecule has 1 N–H and O–H groups in total. The minimum Gasteiger partial charge on any atom is -0.460 e. The average molecular weight is 1330 g/mol. The van der Waals surface area contributed by atoms with Crippen LogP contribution < -0.4 is 20.0 Å². The predicted octanol–water partition coefficient (Wildman–Crippen LogP) is 9.05. The Kier molecular flexibility index (Phi) is 26.9. The van der Waals surface area contributed by atoms with Crippen LogP contribution >= 0.6 is 0 Å². The molecule has 2 amide bonds. The van der Waals surface area contributed by atoms with Gasteiger partial charge >= 0.3 is 35.9 Å². The SMILES string of the molecule is CCOC(=O)c1nccn1CC.CCn1cc(CC(=O)Cc2ccc(C(F)(F)F)cc2)nc1C(=O)N1CCN(c2ccccn2)CC1.CCn1cc([N+](=O)[O-])nc1C(=O)N1CCN(c2ccccn2)CC1.O=C=Nc1ccc(C(F)(F)F)cc1.c1ccc(N2CCNCC2)nc1. The Morgan fingerprint density at radius 3 is 1.45 bits per heavy atom. The molecular formula is C65H73F6N17O8. The third-order valence-electron chi connectivity index (χ3n) is 15.0. The molecular weight excluding hydrogens is 1260 g/mol. The average Bonchev–Trinajstić information content (AvgIpc) is 1.65. The number of nitro groups is 1. The van der Waals surface area contributed by atoms with Gasteiger partial charge < -0.3 is 53.8 Å². The number of aliphatic imine (C=N–C) groups is 1. The largest absolute Gasteiger partial charge is 0.460 e. The number of amides is 2. The maximum atomic E-state index is 13.2. The van der Waals surface area contributed by atoms with E-state index in [-0.39, 0.29) is 59.6 Å². The Balaban J connectivity index is 0.000000183. The molecule has 11 rings (SSSR count). The molecule has 0 spiro atoms. The lowest BCUT2D eigenvalue weighted by Crippen LogP contribution is -2.49. The number of carbonyl (C=O) groups excluding carboxylic acids is 5. The maximum Gasteiger partial charge on any atom is 0.416 e. The van der Waals surface area contributed by atoms with E-state index in [1.807, 2.05) is 75.5 Å². The molecule has 3 fully saturated rings. The number of imidazole rings is 3. The summed E-state index contributed by atoms with van der Waals surface area (Å²) in [5.74, 6) is 2.34. The molecule has 0 radical (unpaired) electrons. The van der Waals surface area contributed by atoms with Gasteiger partial charge in [0.1, 0.15) is 29.4 Å². The number of esters is 1. The van der Waals surface area contributed by atoms with Crippen LogP contribution in [-0.4, -0.2) is 173 Å². The topological polar surface area (TPSA) is 270 Å². The Labute approximate surface area is 549 Å². The van der Waals surface area contributed by atoms with Gasteiger partial charge in [0.2, 0.25) is 11.9 Å². The zero-order chi connectivity index (χ0) is 69.2. The molecule has 508 valence electrons. The summed E-state index contributed by atoms with van der Waals surface area (Å²) in [7, 11) is 0. The number of benzene rings is 2. The van der Waals surface area contributed by atoms with Gasteiger partial charge in [-0.2, -0.15) is 31.3 Å². The molecule has 0 saturated carbocycles. The number of carbonyl (C=O) groups is 4.